The Labute approximate surface area is 118 Å². The van der Waals surface area contributed by atoms with Crippen LogP contribution in [0.1, 0.15) is 22.3 Å². The minimum atomic E-state index is -0.0690. The molecular formula is C17H18O3. The normalized spacial score (nSPS) is 10.3. The molecule has 0 atom stereocenters. The molecule has 0 radical (unpaired) electrons. The van der Waals surface area contributed by atoms with Gasteiger partial charge in [0.05, 0.1) is 13.2 Å². The quantitative estimate of drug-likeness (QED) is 0.848. The van der Waals surface area contributed by atoms with Crippen LogP contribution in [0.25, 0.3) is 6.08 Å². The zero-order chi connectivity index (χ0) is 14.4. The van der Waals surface area contributed by atoms with E-state index < -0.39 is 0 Å². The van der Waals surface area contributed by atoms with Crippen LogP contribution in [-0.2, 0) is 19.8 Å². The molecule has 0 heterocycles. The summed E-state index contributed by atoms with van der Waals surface area (Å²) in [7, 11) is 0. The molecule has 2 aromatic carbocycles. The van der Waals surface area contributed by atoms with E-state index in [9.17, 15) is 5.11 Å². The van der Waals surface area contributed by atoms with E-state index in [1.54, 1.807) is 6.08 Å². The summed E-state index contributed by atoms with van der Waals surface area (Å²) in [5, 5.41) is 18.4. The first-order valence-electron chi connectivity index (χ1n) is 6.45. The predicted octanol–water partition coefficient (Wildman–Crippen LogP) is 2.89. The van der Waals surface area contributed by atoms with Gasteiger partial charge >= 0.3 is 0 Å². The van der Waals surface area contributed by atoms with Crippen molar-refractivity contribution >= 4 is 6.08 Å². The maximum atomic E-state index is 9.36. The maximum Gasteiger partial charge on any atom is 0.132 e. The van der Waals surface area contributed by atoms with Crippen LogP contribution in [0.3, 0.4) is 0 Å². The molecule has 0 saturated carbocycles. The van der Waals surface area contributed by atoms with Crippen molar-refractivity contribution in [2.24, 2.45) is 0 Å². The second-order valence-electron chi connectivity index (χ2n) is 4.46. The SMILES string of the molecule is C=Cc1cccc(CO)c1OCc1ccc(CO)cc1. The maximum absolute atomic E-state index is 9.36. The fourth-order valence-corrected chi connectivity index (χ4v) is 1.96. The number of benzene rings is 2. The Morgan fingerprint density at radius 2 is 1.65 bits per heavy atom. The van der Waals surface area contributed by atoms with Crippen LogP contribution in [0.5, 0.6) is 5.75 Å². The number of aliphatic hydroxyl groups is 2. The smallest absolute Gasteiger partial charge is 0.132 e. The Morgan fingerprint density at radius 1 is 0.950 bits per heavy atom. The van der Waals surface area contributed by atoms with Crippen LogP contribution in [-0.4, -0.2) is 10.2 Å². The van der Waals surface area contributed by atoms with Crippen molar-refractivity contribution < 1.29 is 14.9 Å². The average Bonchev–Trinajstić information content (AvgIpc) is 2.52. The highest BCUT2D eigenvalue weighted by molar-refractivity contribution is 5.58. The molecule has 0 bridgehead atoms. The number of hydrogen-bond acceptors (Lipinski definition) is 3. The van der Waals surface area contributed by atoms with Crippen LogP contribution < -0.4 is 4.74 Å². The highest BCUT2D eigenvalue weighted by Gasteiger charge is 2.07. The third kappa shape index (κ3) is 3.26. The van der Waals surface area contributed by atoms with E-state index in [0.29, 0.717) is 12.4 Å². The van der Waals surface area contributed by atoms with Gasteiger partial charge in [0.1, 0.15) is 12.4 Å². The molecule has 0 fully saturated rings. The van der Waals surface area contributed by atoms with E-state index in [4.69, 9.17) is 9.84 Å². The summed E-state index contributed by atoms with van der Waals surface area (Å²) in [6.07, 6.45) is 1.71. The summed E-state index contributed by atoms with van der Waals surface area (Å²) >= 11 is 0. The molecule has 0 amide bonds. The molecule has 20 heavy (non-hydrogen) atoms. The van der Waals surface area contributed by atoms with Gasteiger partial charge in [-0.3, -0.25) is 0 Å². The first-order valence-corrected chi connectivity index (χ1v) is 6.45. The number of para-hydroxylation sites is 1. The molecule has 0 aliphatic heterocycles. The molecule has 2 N–H and O–H groups in total. The van der Waals surface area contributed by atoms with Crippen molar-refractivity contribution in [3.8, 4) is 5.75 Å². The van der Waals surface area contributed by atoms with Gasteiger partial charge in [-0.2, -0.15) is 0 Å². The van der Waals surface area contributed by atoms with Crippen molar-refractivity contribution in [1.29, 1.82) is 0 Å². The van der Waals surface area contributed by atoms with Gasteiger partial charge in [0, 0.05) is 11.1 Å². The minimum absolute atomic E-state index is 0.0368. The predicted molar refractivity (Wildman–Crippen MR) is 79.2 cm³/mol. The summed E-state index contributed by atoms with van der Waals surface area (Å²) in [5.41, 5.74) is 3.49. The lowest BCUT2D eigenvalue weighted by Gasteiger charge is -2.13. The van der Waals surface area contributed by atoms with Gasteiger partial charge < -0.3 is 14.9 Å². The molecule has 3 heteroatoms. The van der Waals surface area contributed by atoms with Gasteiger partial charge in [-0.1, -0.05) is 55.1 Å². The molecule has 2 rings (SSSR count). The Morgan fingerprint density at radius 3 is 2.25 bits per heavy atom. The molecule has 104 valence electrons. The van der Waals surface area contributed by atoms with Crippen molar-refractivity contribution in [3.05, 3.63) is 71.3 Å². The van der Waals surface area contributed by atoms with E-state index in [0.717, 1.165) is 22.3 Å². The Bertz CT molecular complexity index is 573. The van der Waals surface area contributed by atoms with Crippen LogP contribution in [0.2, 0.25) is 0 Å². The lowest BCUT2D eigenvalue weighted by atomic mass is 10.1. The first-order chi connectivity index (χ1) is 9.78. The summed E-state index contributed by atoms with van der Waals surface area (Å²) in [6, 6.07) is 13.2. The Kier molecular flexibility index (Phi) is 4.93. The summed E-state index contributed by atoms with van der Waals surface area (Å²) in [6.45, 7) is 4.13. The van der Waals surface area contributed by atoms with Gasteiger partial charge in [-0.15, -0.1) is 0 Å². The van der Waals surface area contributed by atoms with Gasteiger partial charge in [-0.05, 0) is 11.1 Å². The fourth-order valence-electron chi connectivity index (χ4n) is 1.96. The van der Waals surface area contributed by atoms with Crippen LogP contribution in [0.4, 0.5) is 0 Å². The second kappa shape index (κ2) is 6.89. The van der Waals surface area contributed by atoms with E-state index in [-0.39, 0.29) is 13.2 Å². The third-order valence-corrected chi connectivity index (χ3v) is 3.11. The van der Waals surface area contributed by atoms with Crippen LogP contribution >= 0.6 is 0 Å². The van der Waals surface area contributed by atoms with Gasteiger partial charge in [-0.25, -0.2) is 0 Å². The lowest BCUT2D eigenvalue weighted by molar-refractivity contribution is 0.258. The molecule has 0 saturated heterocycles. The van der Waals surface area contributed by atoms with E-state index in [1.165, 1.54) is 0 Å². The van der Waals surface area contributed by atoms with E-state index >= 15 is 0 Å². The standard InChI is InChI=1S/C17H18O3/c1-2-15-4-3-5-16(11-19)17(15)20-12-14-8-6-13(10-18)7-9-14/h2-9,18-19H,1,10-12H2. The van der Waals surface area contributed by atoms with Gasteiger partial charge in [0.2, 0.25) is 0 Å². The topological polar surface area (TPSA) is 49.7 Å². The molecule has 0 aliphatic rings. The number of hydrogen-bond donors (Lipinski definition) is 2. The molecule has 0 aliphatic carbocycles. The Balaban J connectivity index is 2.15. The van der Waals surface area contributed by atoms with Gasteiger partial charge in [0.25, 0.3) is 0 Å². The molecular weight excluding hydrogens is 252 g/mol. The van der Waals surface area contributed by atoms with E-state index in [1.807, 2.05) is 42.5 Å². The number of aliphatic hydroxyl groups excluding tert-OH is 2. The summed E-state index contributed by atoms with van der Waals surface area (Å²) < 4.78 is 5.82. The van der Waals surface area contributed by atoms with Crippen molar-refractivity contribution in [2.45, 2.75) is 19.8 Å². The zero-order valence-electron chi connectivity index (χ0n) is 11.2. The van der Waals surface area contributed by atoms with E-state index in [2.05, 4.69) is 6.58 Å². The first kappa shape index (κ1) is 14.3. The van der Waals surface area contributed by atoms with Crippen molar-refractivity contribution in [2.75, 3.05) is 0 Å². The molecule has 0 unspecified atom stereocenters. The third-order valence-electron chi connectivity index (χ3n) is 3.11. The largest absolute Gasteiger partial charge is 0.488 e. The lowest BCUT2D eigenvalue weighted by Crippen LogP contribution is -2.01. The zero-order valence-corrected chi connectivity index (χ0v) is 11.2. The molecule has 0 aromatic heterocycles. The average molecular weight is 270 g/mol. The van der Waals surface area contributed by atoms with Crippen LogP contribution in [0, 0.1) is 0 Å². The van der Waals surface area contributed by atoms with Gasteiger partial charge in [0.15, 0.2) is 0 Å². The number of ether oxygens (including phenoxy) is 1. The summed E-state index contributed by atoms with van der Waals surface area (Å²) in [5.74, 6) is 0.663. The molecule has 3 nitrogen and oxygen atoms in total. The fraction of sp³-hybridized carbons (Fsp3) is 0.176. The summed E-state index contributed by atoms with van der Waals surface area (Å²) in [4.78, 5) is 0. The minimum Gasteiger partial charge on any atom is -0.488 e. The second-order valence-corrected chi connectivity index (χ2v) is 4.46. The number of rotatable bonds is 6. The molecule has 0 spiro atoms. The monoisotopic (exact) mass is 270 g/mol. The molecule has 2 aromatic rings. The Hall–Kier alpha value is -2.10. The highest BCUT2D eigenvalue weighted by atomic mass is 16.5. The van der Waals surface area contributed by atoms with Crippen molar-refractivity contribution in [3.63, 3.8) is 0 Å². The van der Waals surface area contributed by atoms with Crippen LogP contribution in [0.15, 0.2) is 49.0 Å². The highest BCUT2D eigenvalue weighted by Crippen LogP contribution is 2.26. The van der Waals surface area contributed by atoms with Crippen molar-refractivity contribution in [1.82, 2.24) is 0 Å².